The van der Waals surface area contributed by atoms with E-state index >= 15 is 0 Å². The molecule has 21 heteroatoms. The van der Waals surface area contributed by atoms with Gasteiger partial charge in [-0.1, -0.05) is 34.9 Å². The van der Waals surface area contributed by atoms with Crippen molar-refractivity contribution in [3.05, 3.63) is 75.0 Å². The second-order valence-electron chi connectivity index (χ2n) is 13.8. The number of aromatic hydroxyl groups is 1. The molecular formula is C36H30Cl2F6N6O7. The number of hydrazine groups is 2. The smallest absolute Gasteiger partial charge is 0.433 e. The quantitative estimate of drug-likeness (QED) is 0.163. The van der Waals surface area contributed by atoms with E-state index in [1.165, 1.54) is 26.4 Å². The van der Waals surface area contributed by atoms with Crippen molar-refractivity contribution in [2.24, 2.45) is 29.6 Å². The Bertz CT molecular complexity index is 2260. The Balaban J connectivity index is 1.33. The van der Waals surface area contributed by atoms with E-state index in [4.69, 9.17) is 32.7 Å². The molecule has 302 valence electrons. The number of phenolic OH excluding ortho intramolecular Hbond substituents is 1. The number of phenols is 1. The van der Waals surface area contributed by atoms with Gasteiger partial charge in [0.25, 0.3) is 23.6 Å². The Morgan fingerprint density at radius 3 is 1.74 bits per heavy atom. The SMILES string of the molecule is COc1cc(O)c(C2C3=CCC4C(=O)N(N(C)c5nc(C(F)(F)F)ccc5Cl)C(=O)C4C3CC3C(=O)N(N(C)c4nc(C(F)(F)F)ccc4Cl)C(=O)C32)c(OC)c1. The van der Waals surface area contributed by atoms with Crippen LogP contribution >= 0.6 is 23.2 Å². The van der Waals surface area contributed by atoms with E-state index in [-0.39, 0.29) is 39.9 Å². The number of carbonyl (C=O) groups excluding carboxylic acids is 4. The molecule has 4 heterocycles. The third-order valence-electron chi connectivity index (χ3n) is 10.9. The van der Waals surface area contributed by atoms with Crippen LogP contribution in [-0.2, 0) is 31.5 Å². The van der Waals surface area contributed by atoms with Crippen LogP contribution in [0.2, 0.25) is 10.0 Å². The number of imide groups is 2. The molecule has 2 aliphatic heterocycles. The molecule has 13 nitrogen and oxygen atoms in total. The van der Waals surface area contributed by atoms with Crippen LogP contribution in [0.4, 0.5) is 38.0 Å². The van der Waals surface area contributed by atoms with E-state index in [2.05, 4.69) is 9.97 Å². The number of rotatable bonds is 7. The minimum Gasteiger partial charge on any atom is -0.507 e. The molecule has 2 aliphatic carbocycles. The summed E-state index contributed by atoms with van der Waals surface area (Å²) in [7, 11) is 4.89. The maximum absolute atomic E-state index is 14.6. The number of methoxy groups -OCH3 is 2. The highest BCUT2D eigenvalue weighted by Crippen LogP contribution is 2.61. The maximum atomic E-state index is 14.6. The molecule has 7 rings (SSSR count). The average Bonchev–Trinajstić information content (AvgIpc) is 3.55. The van der Waals surface area contributed by atoms with E-state index < -0.39 is 100 Å². The van der Waals surface area contributed by atoms with Crippen molar-refractivity contribution in [2.75, 3.05) is 38.3 Å². The first-order valence-corrected chi connectivity index (χ1v) is 17.8. The second-order valence-corrected chi connectivity index (χ2v) is 14.6. The zero-order valence-electron chi connectivity index (χ0n) is 30.0. The number of pyridine rings is 2. The fraction of sp³-hybridized carbons (Fsp3) is 0.389. The normalized spacial score (nSPS) is 24.6. The van der Waals surface area contributed by atoms with Gasteiger partial charge in [0, 0.05) is 37.7 Å². The number of anilines is 2. The third kappa shape index (κ3) is 6.34. The molecule has 0 radical (unpaired) electrons. The predicted octanol–water partition coefficient (Wildman–Crippen LogP) is 6.28. The van der Waals surface area contributed by atoms with Gasteiger partial charge in [0.15, 0.2) is 11.6 Å². The van der Waals surface area contributed by atoms with Gasteiger partial charge in [0.05, 0.1) is 47.9 Å². The Kier molecular flexibility index (Phi) is 9.78. The van der Waals surface area contributed by atoms with Crippen LogP contribution < -0.4 is 19.5 Å². The zero-order chi connectivity index (χ0) is 41.6. The number of allylic oxidation sites excluding steroid dienone is 2. The second kappa shape index (κ2) is 14.0. The molecule has 57 heavy (non-hydrogen) atoms. The van der Waals surface area contributed by atoms with Crippen LogP contribution in [0.5, 0.6) is 17.2 Å². The molecule has 2 aromatic heterocycles. The number of amides is 4. The lowest BCUT2D eigenvalue weighted by molar-refractivity contribution is -0.143. The Labute approximate surface area is 329 Å². The van der Waals surface area contributed by atoms with Crippen LogP contribution in [0.25, 0.3) is 0 Å². The van der Waals surface area contributed by atoms with Crippen LogP contribution in [0.15, 0.2) is 48.0 Å². The van der Waals surface area contributed by atoms with Gasteiger partial charge in [-0.05, 0) is 43.0 Å². The average molecular weight is 844 g/mol. The molecule has 4 amide bonds. The van der Waals surface area contributed by atoms with Gasteiger partial charge in [-0.3, -0.25) is 29.2 Å². The summed E-state index contributed by atoms with van der Waals surface area (Å²) >= 11 is 12.5. The van der Waals surface area contributed by atoms with Gasteiger partial charge in [-0.25, -0.2) is 9.97 Å². The first-order chi connectivity index (χ1) is 26.7. The summed E-state index contributed by atoms with van der Waals surface area (Å²) < 4.78 is 92.9. The third-order valence-corrected chi connectivity index (χ3v) is 11.5. The van der Waals surface area contributed by atoms with E-state index in [1.54, 1.807) is 6.08 Å². The van der Waals surface area contributed by atoms with Crippen LogP contribution in [0.1, 0.15) is 35.7 Å². The highest BCUT2D eigenvalue weighted by atomic mass is 35.5. The van der Waals surface area contributed by atoms with Gasteiger partial charge >= 0.3 is 12.4 Å². The van der Waals surface area contributed by atoms with Gasteiger partial charge in [0.1, 0.15) is 28.6 Å². The maximum Gasteiger partial charge on any atom is 0.433 e. The minimum absolute atomic E-state index is 0.0225. The lowest BCUT2D eigenvalue weighted by Gasteiger charge is -2.44. The number of hydrogen-bond acceptors (Lipinski definition) is 11. The largest absolute Gasteiger partial charge is 0.507 e. The fourth-order valence-electron chi connectivity index (χ4n) is 8.48. The van der Waals surface area contributed by atoms with Crippen molar-refractivity contribution in [3.8, 4) is 17.2 Å². The topological polar surface area (TPSA) is 146 Å². The van der Waals surface area contributed by atoms with Crippen LogP contribution in [0.3, 0.4) is 0 Å². The Hall–Kier alpha value is -5.30. The molecule has 1 saturated carbocycles. The number of ether oxygens (including phenoxy) is 2. The van der Waals surface area contributed by atoms with Crippen molar-refractivity contribution in [1.29, 1.82) is 0 Å². The molecule has 6 atom stereocenters. The Morgan fingerprint density at radius 2 is 1.25 bits per heavy atom. The van der Waals surface area contributed by atoms with Crippen molar-refractivity contribution in [1.82, 2.24) is 20.0 Å². The number of aromatic nitrogens is 2. The number of hydrogen-bond donors (Lipinski definition) is 1. The number of alkyl halides is 6. The Morgan fingerprint density at radius 1 is 0.737 bits per heavy atom. The van der Waals surface area contributed by atoms with Gasteiger partial charge < -0.3 is 14.6 Å². The van der Waals surface area contributed by atoms with Gasteiger partial charge in [0.2, 0.25) is 0 Å². The van der Waals surface area contributed by atoms with Crippen molar-refractivity contribution < 1.29 is 60.1 Å². The van der Waals surface area contributed by atoms with E-state index in [0.29, 0.717) is 27.7 Å². The summed E-state index contributed by atoms with van der Waals surface area (Å²) in [6, 6.07) is 5.78. The summed E-state index contributed by atoms with van der Waals surface area (Å²) in [5.74, 6) is -11.9. The van der Waals surface area contributed by atoms with Crippen molar-refractivity contribution in [3.63, 3.8) is 0 Å². The number of benzene rings is 1. The lowest BCUT2D eigenvalue weighted by atomic mass is 9.57. The van der Waals surface area contributed by atoms with Crippen LogP contribution in [-0.4, -0.2) is 77.0 Å². The highest BCUT2D eigenvalue weighted by molar-refractivity contribution is 6.33. The van der Waals surface area contributed by atoms with Crippen LogP contribution in [0, 0.1) is 29.6 Å². The minimum atomic E-state index is -4.91. The number of carbonyl (C=O) groups is 4. The summed E-state index contributed by atoms with van der Waals surface area (Å²) in [5.41, 5.74) is -2.28. The lowest BCUT2D eigenvalue weighted by Crippen LogP contribution is -2.46. The van der Waals surface area contributed by atoms with E-state index in [1.807, 2.05) is 0 Å². The summed E-state index contributed by atoms with van der Waals surface area (Å²) in [4.78, 5) is 64.7. The molecule has 0 spiro atoms. The molecule has 1 N–H and O–H groups in total. The fourth-order valence-corrected chi connectivity index (χ4v) is 8.93. The molecule has 2 saturated heterocycles. The van der Waals surface area contributed by atoms with Crippen molar-refractivity contribution >= 4 is 58.5 Å². The molecule has 4 aliphatic rings. The highest BCUT2D eigenvalue weighted by Gasteiger charge is 2.64. The molecule has 0 bridgehead atoms. The van der Waals surface area contributed by atoms with Gasteiger partial charge in [-0.2, -0.15) is 36.4 Å². The monoisotopic (exact) mass is 842 g/mol. The number of nitrogens with zero attached hydrogens (tertiary/aromatic N) is 6. The molecule has 1 aromatic carbocycles. The standard InChI is InChI=1S/C36H30Cl2F6N6O7/c1-47(29-19(37)7-9-23(45-29)35(39,40)41)49-31(52)16-6-5-15-17(25(16)33(49)54)13-18-27(26(15)28-21(51)11-14(56-3)12-22(28)57-4)34(55)50(32(18)53)48(2)30-20(38)8-10-24(46-30)36(42,43)44/h5,7-12,16-18,25-27,51H,6,13H2,1-4H3. The predicted molar refractivity (Wildman–Crippen MR) is 188 cm³/mol. The first kappa shape index (κ1) is 39.9. The molecule has 3 fully saturated rings. The molecule has 3 aromatic rings. The zero-order valence-corrected chi connectivity index (χ0v) is 31.5. The van der Waals surface area contributed by atoms with E-state index in [9.17, 15) is 50.6 Å². The summed E-state index contributed by atoms with van der Waals surface area (Å²) in [6.45, 7) is 0. The molecular weight excluding hydrogens is 813 g/mol. The van der Waals surface area contributed by atoms with E-state index in [0.717, 1.165) is 36.2 Å². The number of halogens is 8. The van der Waals surface area contributed by atoms with Gasteiger partial charge in [-0.15, -0.1) is 0 Å². The number of fused-ring (bicyclic) bond motifs is 4. The molecule has 6 unspecified atom stereocenters. The summed E-state index contributed by atoms with van der Waals surface area (Å²) in [6.07, 6.45) is -8.50. The summed E-state index contributed by atoms with van der Waals surface area (Å²) in [5, 5.41) is 13.8. The van der Waals surface area contributed by atoms with Crippen molar-refractivity contribution in [2.45, 2.75) is 31.1 Å². The first-order valence-electron chi connectivity index (χ1n) is 17.1.